The van der Waals surface area contributed by atoms with Gasteiger partial charge in [-0.3, -0.25) is 9.59 Å². The van der Waals surface area contributed by atoms with Gasteiger partial charge in [-0.15, -0.1) is 0 Å². The molecule has 2 aliphatic rings. The van der Waals surface area contributed by atoms with E-state index in [0.717, 1.165) is 19.4 Å². The van der Waals surface area contributed by atoms with Gasteiger partial charge in [-0.2, -0.15) is 0 Å². The first kappa shape index (κ1) is 11.4. The van der Waals surface area contributed by atoms with Crippen LogP contribution in [-0.2, 0) is 14.3 Å². The predicted octanol–water partition coefficient (Wildman–Crippen LogP) is -0.238. The van der Waals surface area contributed by atoms with Gasteiger partial charge < -0.3 is 15.0 Å². The number of carbonyl (C=O) groups is 2. The zero-order chi connectivity index (χ0) is 11.4. The zero-order valence-corrected chi connectivity index (χ0v) is 9.41. The average Bonchev–Trinajstić information content (AvgIpc) is 2.54. The Morgan fingerprint density at radius 1 is 1.44 bits per heavy atom. The summed E-state index contributed by atoms with van der Waals surface area (Å²) in [5.41, 5.74) is 0. The Bertz CT molecular complexity index is 274. The van der Waals surface area contributed by atoms with Crippen molar-refractivity contribution < 1.29 is 14.3 Å². The summed E-state index contributed by atoms with van der Waals surface area (Å²) in [5.74, 6) is 0.188. The van der Waals surface area contributed by atoms with Crippen LogP contribution in [0, 0.1) is 5.92 Å². The standard InChI is InChI=1S/C11H18N2O3/c14-10-3-5-13(6-4-12-10)11(15)9-2-1-7-16-8-9/h9H,1-8H2,(H,12,14). The molecule has 2 aliphatic heterocycles. The lowest BCUT2D eigenvalue weighted by molar-refractivity contribution is -0.139. The number of nitrogens with zero attached hydrogens (tertiary/aromatic N) is 1. The van der Waals surface area contributed by atoms with Crippen LogP contribution < -0.4 is 5.32 Å². The summed E-state index contributed by atoms with van der Waals surface area (Å²) in [6.07, 6.45) is 2.29. The normalized spacial score (nSPS) is 27.1. The Balaban J connectivity index is 1.89. The number of carbonyl (C=O) groups excluding carboxylic acids is 2. The van der Waals surface area contributed by atoms with Gasteiger partial charge in [-0.1, -0.05) is 0 Å². The number of hydrogen-bond acceptors (Lipinski definition) is 3. The predicted molar refractivity (Wildman–Crippen MR) is 57.7 cm³/mol. The van der Waals surface area contributed by atoms with Crippen LogP contribution in [0.5, 0.6) is 0 Å². The van der Waals surface area contributed by atoms with Crippen molar-refractivity contribution in [1.82, 2.24) is 10.2 Å². The molecular formula is C11H18N2O3. The van der Waals surface area contributed by atoms with Crippen LogP contribution in [0.3, 0.4) is 0 Å². The first-order chi connectivity index (χ1) is 7.77. The smallest absolute Gasteiger partial charge is 0.228 e. The molecule has 1 atom stereocenters. The second-order valence-electron chi connectivity index (χ2n) is 4.34. The van der Waals surface area contributed by atoms with Crippen molar-refractivity contribution in [1.29, 1.82) is 0 Å². The summed E-state index contributed by atoms with van der Waals surface area (Å²) < 4.78 is 5.32. The third kappa shape index (κ3) is 2.72. The van der Waals surface area contributed by atoms with Crippen molar-refractivity contribution in [3.8, 4) is 0 Å². The molecule has 16 heavy (non-hydrogen) atoms. The van der Waals surface area contributed by atoms with Gasteiger partial charge in [0, 0.05) is 32.7 Å². The number of hydrogen-bond donors (Lipinski definition) is 1. The van der Waals surface area contributed by atoms with E-state index >= 15 is 0 Å². The highest BCUT2D eigenvalue weighted by atomic mass is 16.5. The van der Waals surface area contributed by atoms with Crippen LogP contribution in [0.4, 0.5) is 0 Å². The first-order valence-corrected chi connectivity index (χ1v) is 5.90. The van der Waals surface area contributed by atoms with Gasteiger partial charge in [-0.05, 0) is 12.8 Å². The van der Waals surface area contributed by atoms with E-state index in [2.05, 4.69) is 5.32 Å². The molecule has 0 aromatic carbocycles. The average molecular weight is 226 g/mol. The molecule has 2 rings (SSSR count). The number of ether oxygens (including phenoxy) is 1. The van der Waals surface area contributed by atoms with E-state index in [4.69, 9.17) is 4.74 Å². The van der Waals surface area contributed by atoms with Gasteiger partial charge in [-0.25, -0.2) is 0 Å². The minimum atomic E-state index is 0.00181. The van der Waals surface area contributed by atoms with Gasteiger partial charge in [0.25, 0.3) is 0 Å². The van der Waals surface area contributed by atoms with Crippen molar-refractivity contribution in [3.63, 3.8) is 0 Å². The van der Waals surface area contributed by atoms with Crippen molar-refractivity contribution in [3.05, 3.63) is 0 Å². The van der Waals surface area contributed by atoms with Crippen molar-refractivity contribution >= 4 is 11.8 Å². The number of nitrogens with one attached hydrogen (secondary N) is 1. The topological polar surface area (TPSA) is 58.6 Å². The third-order valence-corrected chi connectivity index (χ3v) is 3.13. The fourth-order valence-corrected chi connectivity index (χ4v) is 2.18. The van der Waals surface area contributed by atoms with Gasteiger partial charge in [0.05, 0.1) is 12.5 Å². The number of rotatable bonds is 1. The molecule has 2 amide bonds. The molecular weight excluding hydrogens is 208 g/mol. The fraction of sp³-hybridized carbons (Fsp3) is 0.818. The molecule has 5 heteroatoms. The summed E-state index contributed by atoms with van der Waals surface area (Å²) in [4.78, 5) is 25.1. The van der Waals surface area contributed by atoms with Crippen molar-refractivity contribution in [2.24, 2.45) is 5.92 Å². The van der Waals surface area contributed by atoms with Gasteiger partial charge in [0.2, 0.25) is 11.8 Å². The third-order valence-electron chi connectivity index (χ3n) is 3.13. The zero-order valence-electron chi connectivity index (χ0n) is 9.41. The van der Waals surface area contributed by atoms with Crippen LogP contribution >= 0.6 is 0 Å². The molecule has 2 saturated heterocycles. The summed E-state index contributed by atoms with van der Waals surface area (Å²) >= 11 is 0. The van der Waals surface area contributed by atoms with E-state index in [0.29, 0.717) is 32.7 Å². The molecule has 0 bridgehead atoms. The fourth-order valence-electron chi connectivity index (χ4n) is 2.18. The lowest BCUT2D eigenvalue weighted by atomic mass is 10.0. The van der Waals surface area contributed by atoms with Crippen LogP contribution in [0.1, 0.15) is 19.3 Å². The molecule has 0 aliphatic carbocycles. The van der Waals surface area contributed by atoms with E-state index in [1.165, 1.54) is 0 Å². The maximum Gasteiger partial charge on any atom is 0.228 e. The van der Waals surface area contributed by atoms with E-state index < -0.39 is 0 Å². The molecule has 0 aromatic heterocycles. The summed E-state index contributed by atoms with van der Waals surface area (Å²) in [7, 11) is 0. The molecule has 2 heterocycles. The molecule has 0 saturated carbocycles. The summed E-state index contributed by atoms with van der Waals surface area (Å²) in [6, 6.07) is 0. The Hall–Kier alpha value is -1.10. The van der Waals surface area contributed by atoms with Crippen LogP contribution in [0.15, 0.2) is 0 Å². The molecule has 1 N–H and O–H groups in total. The lowest BCUT2D eigenvalue weighted by Crippen LogP contribution is -2.41. The largest absolute Gasteiger partial charge is 0.381 e. The van der Waals surface area contributed by atoms with Gasteiger partial charge in [0.1, 0.15) is 0 Å². The first-order valence-electron chi connectivity index (χ1n) is 5.90. The second-order valence-corrected chi connectivity index (χ2v) is 4.34. The Morgan fingerprint density at radius 3 is 3.06 bits per heavy atom. The highest BCUT2D eigenvalue weighted by Gasteiger charge is 2.27. The van der Waals surface area contributed by atoms with E-state index in [1.54, 1.807) is 4.90 Å². The molecule has 90 valence electrons. The maximum absolute atomic E-state index is 12.1. The molecule has 0 aromatic rings. The molecule has 2 fully saturated rings. The number of amides is 2. The Morgan fingerprint density at radius 2 is 2.31 bits per heavy atom. The maximum atomic E-state index is 12.1. The van der Waals surface area contributed by atoms with Crippen LogP contribution in [0.25, 0.3) is 0 Å². The van der Waals surface area contributed by atoms with Crippen LogP contribution in [0.2, 0.25) is 0 Å². The Labute approximate surface area is 95.1 Å². The van der Waals surface area contributed by atoms with Crippen molar-refractivity contribution in [2.75, 3.05) is 32.8 Å². The minimum Gasteiger partial charge on any atom is -0.381 e. The molecule has 5 nitrogen and oxygen atoms in total. The second kappa shape index (κ2) is 5.30. The molecule has 0 radical (unpaired) electrons. The van der Waals surface area contributed by atoms with E-state index in [9.17, 15) is 9.59 Å². The van der Waals surface area contributed by atoms with Gasteiger partial charge >= 0.3 is 0 Å². The summed E-state index contributed by atoms with van der Waals surface area (Å²) in [5, 5.41) is 2.77. The highest BCUT2D eigenvalue weighted by molar-refractivity contribution is 5.81. The quantitative estimate of drug-likeness (QED) is 0.671. The van der Waals surface area contributed by atoms with Crippen molar-refractivity contribution in [2.45, 2.75) is 19.3 Å². The Kier molecular flexibility index (Phi) is 3.77. The summed E-state index contributed by atoms with van der Waals surface area (Å²) in [6.45, 7) is 3.04. The molecule has 1 unspecified atom stereocenters. The van der Waals surface area contributed by atoms with Gasteiger partial charge in [0.15, 0.2) is 0 Å². The van der Waals surface area contributed by atoms with E-state index in [-0.39, 0.29) is 17.7 Å². The monoisotopic (exact) mass is 226 g/mol. The minimum absolute atomic E-state index is 0.00181. The van der Waals surface area contributed by atoms with E-state index in [1.807, 2.05) is 0 Å². The lowest BCUT2D eigenvalue weighted by Gasteiger charge is -2.27. The van der Waals surface area contributed by atoms with Crippen LogP contribution in [-0.4, -0.2) is 49.6 Å². The molecule has 0 spiro atoms. The SMILES string of the molecule is O=C1CCN(C(=O)C2CCCOC2)CCN1. The highest BCUT2D eigenvalue weighted by Crippen LogP contribution is 2.16.